The maximum absolute atomic E-state index is 5.51. The van der Waals surface area contributed by atoms with Gasteiger partial charge in [0.2, 0.25) is 0 Å². The normalized spacial score (nSPS) is 15.8. The van der Waals surface area contributed by atoms with Crippen molar-refractivity contribution in [1.82, 2.24) is 5.43 Å². The van der Waals surface area contributed by atoms with Gasteiger partial charge in [0.25, 0.3) is 0 Å². The molecule has 0 amide bonds. The van der Waals surface area contributed by atoms with Crippen LogP contribution in [0.1, 0.15) is 25.5 Å². The third-order valence-corrected chi connectivity index (χ3v) is 2.34. The van der Waals surface area contributed by atoms with E-state index in [0.29, 0.717) is 5.92 Å². The summed E-state index contributed by atoms with van der Waals surface area (Å²) in [6, 6.07) is 1.86. The topological polar surface area (TPSA) is 60.4 Å². The molecule has 1 aromatic rings. The lowest BCUT2D eigenvalue weighted by molar-refractivity contribution is 0.0324. The molecule has 0 saturated carbocycles. The molecule has 1 heterocycles. The van der Waals surface area contributed by atoms with Crippen LogP contribution in [0.3, 0.4) is 0 Å². The largest absolute Gasteiger partial charge is 0.472 e. The first-order valence-corrected chi connectivity index (χ1v) is 4.71. The molecule has 1 rings (SSSR count). The highest BCUT2D eigenvalue weighted by Gasteiger charge is 2.25. The van der Waals surface area contributed by atoms with Crippen LogP contribution < -0.4 is 11.3 Å². The fourth-order valence-corrected chi connectivity index (χ4v) is 1.63. The van der Waals surface area contributed by atoms with Crippen LogP contribution in [0.15, 0.2) is 23.0 Å². The van der Waals surface area contributed by atoms with E-state index in [1.165, 1.54) is 0 Å². The molecular formula is C10H18N2O2. The summed E-state index contributed by atoms with van der Waals surface area (Å²) in [5, 5.41) is 0. The van der Waals surface area contributed by atoms with Crippen LogP contribution >= 0.6 is 0 Å². The SMILES string of the molecule is COC(C(C)C)C(NN)c1ccoc1. The molecule has 80 valence electrons. The maximum atomic E-state index is 5.51. The molecule has 14 heavy (non-hydrogen) atoms. The fraction of sp³-hybridized carbons (Fsp3) is 0.600. The minimum absolute atomic E-state index is 0.0289. The van der Waals surface area contributed by atoms with Crippen molar-refractivity contribution in [2.24, 2.45) is 11.8 Å². The second-order valence-corrected chi connectivity index (χ2v) is 3.65. The van der Waals surface area contributed by atoms with Crippen LogP contribution in [0.2, 0.25) is 0 Å². The standard InChI is InChI=1S/C10H18N2O2/c1-7(2)10(13-3)9(12-11)8-4-5-14-6-8/h4-7,9-10,12H,11H2,1-3H3. The number of rotatable bonds is 5. The highest BCUT2D eigenvalue weighted by Crippen LogP contribution is 2.23. The third kappa shape index (κ3) is 2.35. The van der Waals surface area contributed by atoms with Crippen LogP contribution in [0.4, 0.5) is 0 Å². The van der Waals surface area contributed by atoms with Crippen LogP contribution in [0, 0.1) is 5.92 Å². The number of nitrogens with two attached hydrogens (primary N) is 1. The Labute approximate surface area is 84.4 Å². The van der Waals surface area contributed by atoms with E-state index in [-0.39, 0.29) is 12.1 Å². The second kappa shape index (κ2) is 5.14. The highest BCUT2D eigenvalue weighted by atomic mass is 16.5. The summed E-state index contributed by atoms with van der Waals surface area (Å²) in [6.45, 7) is 4.19. The Morgan fingerprint density at radius 1 is 1.50 bits per heavy atom. The minimum atomic E-state index is -0.0289. The summed E-state index contributed by atoms with van der Waals surface area (Å²) >= 11 is 0. The van der Waals surface area contributed by atoms with Gasteiger partial charge in [0.05, 0.1) is 24.7 Å². The minimum Gasteiger partial charge on any atom is -0.472 e. The van der Waals surface area contributed by atoms with Gasteiger partial charge in [0.15, 0.2) is 0 Å². The van der Waals surface area contributed by atoms with E-state index in [9.17, 15) is 0 Å². The van der Waals surface area contributed by atoms with Crippen molar-refractivity contribution in [2.75, 3.05) is 7.11 Å². The van der Waals surface area contributed by atoms with Crippen molar-refractivity contribution >= 4 is 0 Å². The van der Waals surface area contributed by atoms with Crippen LogP contribution in [-0.4, -0.2) is 13.2 Å². The molecule has 0 aliphatic rings. The van der Waals surface area contributed by atoms with Crippen molar-refractivity contribution in [3.8, 4) is 0 Å². The van der Waals surface area contributed by atoms with Crippen molar-refractivity contribution in [1.29, 1.82) is 0 Å². The number of ether oxygens (including phenoxy) is 1. The van der Waals surface area contributed by atoms with E-state index in [1.807, 2.05) is 6.07 Å². The molecule has 0 aliphatic carbocycles. The molecule has 4 heteroatoms. The summed E-state index contributed by atoms with van der Waals surface area (Å²) in [5.74, 6) is 5.89. The molecule has 4 nitrogen and oxygen atoms in total. The van der Waals surface area contributed by atoms with Crippen LogP contribution in [0.25, 0.3) is 0 Å². The van der Waals surface area contributed by atoms with E-state index in [4.69, 9.17) is 15.0 Å². The molecule has 2 atom stereocenters. The van der Waals surface area contributed by atoms with Gasteiger partial charge in [0, 0.05) is 12.7 Å². The Balaban J connectivity index is 2.79. The highest BCUT2D eigenvalue weighted by molar-refractivity contribution is 5.13. The molecule has 0 fully saturated rings. The Morgan fingerprint density at radius 2 is 2.21 bits per heavy atom. The summed E-state index contributed by atoms with van der Waals surface area (Å²) in [6.07, 6.45) is 3.35. The average molecular weight is 198 g/mol. The summed E-state index contributed by atoms with van der Waals surface area (Å²) in [7, 11) is 1.69. The van der Waals surface area contributed by atoms with Crippen LogP contribution in [0.5, 0.6) is 0 Å². The Bertz CT molecular complexity index is 247. The first-order valence-electron chi connectivity index (χ1n) is 4.71. The summed E-state index contributed by atoms with van der Waals surface area (Å²) < 4.78 is 10.4. The van der Waals surface area contributed by atoms with E-state index in [1.54, 1.807) is 19.6 Å². The number of nitrogens with one attached hydrogen (secondary N) is 1. The second-order valence-electron chi connectivity index (χ2n) is 3.65. The van der Waals surface area contributed by atoms with Gasteiger partial charge in [-0.2, -0.15) is 0 Å². The number of hydrogen-bond acceptors (Lipinski definition) is 4. The molecule has 0 saturated heterocycles. The third-order valence-electron chi connectivity index (χ3n) is 2.34. The van der Waals surface area contributed by atoms with E-state index >= 15 is 0 Å². The summed E-state index contributed by atoms with van der Waals surface area (Å²) in [4.78, 5) is 0. The maximum Gasteiger partial charge on any atom is 0.0951 e. The molecule has 0 aromatic carbocycles. The van der Waals surface area contributed by atoms with Gasteiger partial charge < -0.3 is 9.15 Å². The van der Waals surface area contributed by atoms with Crippen molar-refractivity contribution in [2.45, 2.75) is 26.0 Å². The molecule has 1 aromatic heterocycles. The van der Waals surface area contributed by atoms with Gasteiger partial charge in [0.1, 0.15) is 0 Å². The molecular weight excluding hydrogens is 180 g/mol. The van der Waals surface area contributed by atoms with E-state index in [2.05, 4.69) is 19.3 Å². The molecule has 0 spiro atoms. The Hall–Kier alpha value is -0.840. The van der Waals surface area contributed by atoms with Gasteiger partial charge in [-0.05, 0) is 12.0 Å². The monoisotopic (exact) mass is 198 g/mol. The number of furan rings is 1. The fourth-order valence-electron chi connectivity index (χ4n) is 1.63. The quantitative estimate of drug-likeness (QED) is 0.555. The van der Waals surface area contributed by atoms with Crippen molar-refractivity contribution in [3.63, 3.8) is 0 Å². The molecule has 0 bridgehead atoms. The first kappa shape index (κ1) is 11.2. The van der Waals surface area contributed by atoms with Gasteiger partial charge in [-0.15, -0.1) is 0 Å². The zero-order valence-corrected chi connectivity index (χ0v) is 8.86. The number of hydrazine groups is 1. The summed E-state index contributed by atoms with van der Waals surface area (Å²) in [5.41, 5.74) is 3.76. The Morgan fingerprint density at radius 3 is 2.57 bits per heavy atom. The zero-order valence-electron chi connectivity index (χ0n) is 8.86. The average Bonchev–Trinajstić information content (AvgIpc) is 2.65. The smallest absolute Gasteiger partial charge is 0.0951 e. The Kier molecular flexibility index (Phi) is 4.13. The number of methoxy groups -OCH3 is 1. The molecule has 0 aliphatic heterocycles. The molecule has 0 radical (unpaired) electrons. The lowest BCUT2D eigenvalue weighted by atomic mass is 9.96. The van der Waals surface area contributed by atoms with Crippen molar-refractivity contribution < 1.29 is 9.15 Å². The number of hydrogen-bond donors (Lipinski definition) is 2. The van der Waals surface area contributed by atoms with Gasteiger partial charge in [-0.1, -0.05) is 13.8 Å². The molecule has 3 N–H and O–H groups in total. The van der Waals surface area contributed by atoms with Gasteiger partial charge in [-0.25, -0.2) is 0 Å². The van der Waals surface area contributed by atoms with Gasteiger partial charge in [-0.3, -0.25) is 11.3 Å². The van der Waals surface area contributed by atoms with E-state index < -0.39 is 0 Å². The van der Waals surface area contributed by atoms with Crippen LogP contribution in [-0.2, 0) is 4.74 Å². The predicted octanol–water partition coefficient (Wildman–Crippen LogP) is 1.45. The van der Waals surface area contributed by atoms with Gasteiger partial charge >= 0.3 is 0 Å². The van der Waals surface area contributed by atoms with E-state index in [0.717, 1.165) is 5.56 Å². The first-order chi connectivity index (χ1) is 6.70. The zero-order chi connectivity index (χ0) is 10.6. The lowest BCUT2D eigenvalue weighted by Gasteiger charge is -2.27. The lowest BCUT2D eigenvalue weighted by Crippen LogP contribution is -2.40. The molecule has 2 unspecified atom stereocenters. The predicted molar refractivity (Wildman–Crippen MR) is 54.4 cm³/mol. The van der Waals surface area contributed by atoms with Crippen molar-refractivity contribution in [3.05, 3.63) is 24.2 Å².